The van der Waals surface area contributed by atoms with Gasteiger partial charge in [0.2, 0.25) is 11.8 Å². The van der Waals surface area contributed by atoms with Crippen molar-refractivity contribution in [1.29, 1.82) is 0 Å². The Morgan fingerprint density at radius 2 is 1.70 bits per heavy atom. The number of aryl methyl sites for hydroxylation is 1. The SMILES string of the molecule is COc1cccc(CC(=O)N2CCN(C(=O)CCCc3ncc(-c4ccccc4)o3)CC2)c1. The highest BCUT2D eigenvalue weighted by molar-refractivity contribution is 5.80. The van der Waals surface area contributed by atoms with Crippen LogP contribution in [0.3, 0.4) is 0 Å². The molecule has 3 aromatic rings. The number of carbonyl (C=O) groups is 2. The third-order valence-corrected chi connectivity index (χ3v) is 5.87. The number of methoxy groups -OCH3 is 1. The first-order valence-electron chi connectivity index (χ1n) is 11.3. The van der Waals surface area contributed by atoms with E-state index in [4.69, 9.17) is 9.15 Å². The Morgan fingerprint density at radius 3 is 2.42 bits per heavy atom. The number of hydrogen-bond acceptors (Lipinski definition) is 5. The molecule has 2 heterocycles. The molecule has 172 valence electrons. The summed E-state index contributed by atoms with van der Waals surface area (Å²) in [5.74, 6) is 2.33. The van der Waals surface area contributed by atoms with Crippen molar-refractivity contribution >= 4 is 11.8 Å². The molecule has 0 unspecified atom stereocenters. The second kappa shape index (κ2) is 10.8. The highest BCUT2D eigenvalue weighted by atomic mass is 16.5. The minimum absolute atomic E-state index is 0.0773. The first kappa shape index (κ1) is 22.6. The number of rotatable bonds is 8. The smallest absolute Gasteiger partial charge is 0.227 e. The summed E-state index contributed by atoms with van der Waals surface area (Å²) in [4.78, 5) is 33.3. The molecule has 0 aliphatic carbocycles. The summed E-state index contributed by atoms with van der Waals surface area (Å²) in [5.41, 5.74) is 1.92. The lowest BCUT2D eigenvalue weighted by Crippen LogP contribution is -2.51. The number of ether oxygens (including phenoxy) is 1. The van der Waals surface area contributed by atoms with Crippen molar-refractivity contribution in [2.24, 2.45) is 0 Å². The number of carbonyl (C=O) groups excluding carboxylic acids is 2. The van der Waals surface area contributed by atoms with Gasteiger partial charge in [-0.25, -0.2) is 4.98 Å². The molecular formula is C26H29N3O4. The van der Waals surface area contributed by atoms with Crippen LogP contribution in [-0.2, 0) is 22.4 Å². The molecule has 0 atom stereocenters. The second-order valence-electron chi connectivity index (χ2n) is 8.13. The Morgan fingerprint density at radius 1 is 0.970 bits per heavy atom. The van der Waals surface area contributed by atoms with Crippen LogP contribution < -0.4 is 4.74 Å². The second-order valence-corrected chi connectivity index (χ2v) is 8.13. The molecule has 33 heavy (non-hydrogen) atoms. The van der Waals surface area contributed by atoms with Gasteiger partial charge in [0, 0.05) is 44.6 Å². The van der Waals surface area contributed by atoms with E-state index in [1.165, 1.54) is 0 Å². The maximum Gasteiger partial charge on any atom is 0.227 e. The first-order chi connectivity index (χ1) is 16.1. The average Bonchev–Trinajstić information content (AvgIpc) is 3.33. The molecular weight excluding hydrogens is 418 g/mol. The number of aromatic nitrogens is 1. The van der Waals surface area contributed by atoms with Gasteiger partial charge in [0.05, 0.1) is 19.7 Å². The molecule has 2 amide bonds. The van der Waals surface area contributed by atoms with Gasteiger partial charge in [-0.1, -0.05) is 42.5 Å². The lowest BCUT2D eigenvalue weighted by molar-refractivity contribution is -0.139. The fourth-order valence-electron chi connectivity index (χ4n) is 3.98. The Balaban J connectivity index is 1.19. The minimum atomic E-state index is 0.0773. The van der Waals surface area contributed by atoms with Crippen molar-refractivity contribution in [3.05, 3.63) is 72.2 Å². The number of oxazole rings is 1. The van der Waals surface area contributed by atoms with E-state index in [0.717, 1.165) is 22.6 Å². The molecule has 2 aromatic carbocycles. The van der Waals surface area contributed by atoms with Crippen molar-refractivity contribution in [3.8, 4) is 17.1 Å². The van der Waals surface area contributed by atoms with Gasteiger partial charge >= 0.3 is 0 Å². The summed E-state index contributed by atoms with van der Waals surface area (Å²) in [6.45, 7) is 2.27. The summed E-state index contributed by atoms with van der Waals surface area (Å²) in [7, 11) is 1.62. The molecule has 4 rings (SSSR count). The van der Waals surface area contributed by atoms with Gasteiger partial charge in [0.25, 0.3) is 0 Å². The van der Waals surface area contributed by atoms with Crippen LogP contribution in [0.5, 0.6) is 5.75 Å². The van der Waals surface area contributed by atoms with E-state index in [9.17, 15) is 9.59 Å². The molecule has 1 fully saturated rings. The first-order valence-corrected chi connectivity index (χ1v) is 11.3. The standard InChI is InChI=1S/C26H29N3O4/c1-32-22-10-5-7-20(17-22)18-26(31)29-15-13-28(14-16-29)25(30)12-6-11-24-27-19-23(33-24)21-8-3-2-4-9-21/h2-5,7-10,17,19H,6,11-16,18H2,1H3. The quantitative estimate of drug-likeness (QED) is 0.528. The van der Waals surface area contributed by atoms with Gasteiger partial charge in [0.15, 0.2) is 11.7 Å². The van der Waals surface area contributed by atoms with Crippen LogP contribution in [-0.4, -0.2) is 59.9 Å². The predicted molar refractivity (Wildman–Crippen MR) is 125 cm³/mol. The predicted octanol–water partition coefficient (Wildman–Crippen LogP) is 3.59. The topological polar surface area (TPSA) is 75.9 Å². The van der Waals surface area contributed by atoms with Crippen LogP contribution in [0.15, 0.2) is 65.2 Å². The largest absolute Gasteiger partial charge is 0.497 e. The highest BCUT2D eigenvalue weighted by Crippen LogP contribution is 2.21. The van der Waals surface area contributed by atoms with Crippen molar-refractivity contribution in [1.82, 2.24) is 14.8 Å². The molecule has 0 bridgehead atoms. The third-order valence-electron chi connectivity index (χ3n) is 5.87. The van der Waals surface area contributed by atoms with Crippen molar-refractivity contribution < 1.29 is 18.7 Å². The molecule has 0 saturated carbocycles. The Bertz CT molecular complexity index is 1070. The van der Waals surface area contributed by atoms with Crippen LogP contribution in [0.25, 0.3) is 11.3 Å². The zero-order valence-electron chi connectivity index (χ0n) is 18.9. The molecule has 1 aliphatic rings. The van der Waals surface area contributed by atoms with E-state index in [-0.39, 0.29) is 11.8 Å². The summed E-state index contributed by atoms with van der Waals surface area (Å²) < 4.78 is 11.0. The minimum Gasteiger partial charge on any atom is -0.497 e. The molecule has 7 nitrogen and oxygen atoms in total. The lowest BCUT2D eigenvalue weighted by atomic mass is 10.1. The number of benzene rings is 2. The van der Waals surface area contributed by atoms with Crippen LogP contribution in [0.2, 0.25) is 0 Å². The number of nitrogens with zero attached hydrogens (tertiary/aromatic N) is 3. The lowest BCUT2D eigenvalue weighted by Gasteiger charge is -2.35. The van der Waals surface area contributed by atoms with Crippen LogP contribution in [0.1, 0.15) is 24.3 Å². The van der Waals surface area contributed by atoms with E-state index in [1.54, 1.807) is 13.3 Å². The van der Waals surface area contributed by atoms with Gasteiger partial charge in [0.1, 0.15) is 5.75 Å². The fraction of sp³-hybridized carbons (Fsp3) is 0.346. The Hall–Kier alpha value is -3.61. The molecule has 0 N–H and O–H groups in total. The third kappa shape index (κ3) is 6.00. The summed E-state index contributed by atoms with van der Waals surface area (Å²) >= 11 is 0. The zero-order chi connectivity index (χ0) is 23.0. The van der Waals surface area contributed by atoms with Gasteiger partial charge < -0.3 is 19.0 Å². The summed E-state index contributed by atoms with van der Waals surface area (Å²) in [6.07, 6.45) is 3.82. The molecule has 0 radical (unpaired) electrons. The Labute approximate surface area is 194 Å². The average molecular weight is 448 g/mol. The normalized spacial score (nSPS) is 13.7. The number of piperazine rings is 1. The fourth-order valence-corrected chi connectivity index (χ4v) is 3.98. The molecule has 1 saturated heterocycles. The van der Waals surface area contributed by atoms with Crippen molar-refractivity contribution in [2.75, 3.05) is 33.3 Å². The molecule has 1 aliphatic heterocycles. The number of amides is 2. The van der Waals surface area contributed by atoms with E-state index < -0.39 is 0 Å². The van der Waals surface area contributed by atoms with Gasteiger partial charge in [-0.05, 0) is 24.1 Å². The maximum absolute atomic E-state index is 12.6. The summed E-state index contributed by atoms with van der Waals surface area (Å²) in [6, 6.07) is 17.4. The Kier molecular flexibility index (Phi) is 7.40. The van der Waals surface area contributed by atoms with Crippen LogP contribution in [0.4, 0.5) is 0 Å². The van der Waals surface area contributed by atoms with Crippen molar-refractivity contribution in [2.45, 2.75) is 25.7 Å². The highest BCUT2D eigenvalue weighted by Gasteiger charge is 2.24. The van der Waals surface area contributed by atoms with Gasteiger partial charge in [-0.15, -0.1) is 0 Å². The molecule has 1 aromatic heterocycles. The molecule has 7 heteroatoms. The zero-order valence-corrected chi connectivity index (χ0v) is 18.9. The van der Waals surface area contributed by atoms with E-state index in [0.29, 0.717) is 57.8 Å². The monoisotopic (exact) mass is 447 g/mol. The summed E-state index contributed by atoms with van der Waals surface area (Å²) in [5, 5.41) is 0. The van der Waals surface area contributed by atoms with Crippen LogP contribution >= 0.6 is 0 Å². The van der Waals surface area contributed by atoms with Gasteiger partial charge in [-0.3, -0.25) is 9.59 Å². The van der Waals surface area contributed by atoms with E-state index in [2.05, 4.69) is 4.98 Å². The van der Waals surface area contributed by atoms with E-state index in [1.807, 2.05) is 64.4 Å². The molecule has 0 spiro atoms. The van der Waals surface area contributed by atoms with Crippen molar-refractivity contribution in [3.63, 3.8) is 0 Å². The van der Waals surface area contributed by atoms with E-state index >= 15 is 0 Å². The van der Waals surface area contributed by atoms with Crippen LogP contribution in [0, 0.1) is 0 Å². The maximum atomic E-state index is 12.6. The van der Waals surface area contributed by atoms with Gasteiger partial charge in [-0.2, -0.15) is 0 Å². The number of hydrogen-bond donors (Lipinski definition) is 0.